The van der Waals surface area contributed by atoms with Crippen molar-refractivity contribution in [3.8, 4) is 0 Å². The lowest BCUT2D eigenvalue weighted by atomic mass is 9.98. The van der Waals surface area contributed by atoms with Crippen LogP contribution in [0.4, 0.5) is 18.0 Å². The predicted molar refractivity (Wildman–Crippen MR) is 124 cm³/mol. The molecular weight excluding hydrogens is 463 g/mol. The third-order valence-electron chi connectivity index (χ3n) is 4.86. The van der Waals surface area contributed by atoms with Crippen molar-refractivity contribution >= 4 is 17.9 Å². The first-order valence-corrected chi connectivity index (χ1v) is 11.0. The second kappa shape index (κ2) is 11.7. The van der Waals surface area contributed by atoms with E-state index in [2.05, 4.69) is 10.9 Å². The summed E-state index contributed by atoms with van der Waals surface area (Å²) < 4.78 is 43.5. The minimum atomic E-state index is -4.42. The van der Waals surface area contributed by atoms with Gasteiger partial charge in [0.05, 0.1) is 5.56 Å². The van der Waals surface area contributed by atoms with Gasteiger partial charge in [0.2, 0.25) is 5.91 Å². The van der Waals surface area contributed by atoms with Crippen LogP contribution in [0.3, 0.4) is 0 Å². The van der Waals surface area contributed by atoms with Crippen LogP contribution in [0.1, 0.15) is 60.7 Å². The minimum absolute atomic E-state index is 0.0701. The molecule has 0 aliphatic carbocycles. The number of carbonyl (C=O) groups excluding carboxylic acids is 3. The number of rotatable bonds is 7. The number of hydrazine groups is 1. The number of nitrogens with one attached hydrogen (secondary N) is 2. The van der Waals surface area contributed by atoms with Crippen LogP contribution in [0, 0.1) is 0 Å². The topological polar surface area (TPSA) is 87.7 Å². The van der Waals surface area contributed by atoms with Crippen molar-refractivity contribution in [2.75, 3.05) is 13.6 Å². The molecule has 0 spiro atoms. The first kappa shape index (κ1) is 27.7. The SMILES string of the molecule is CN(CCCC(=O)NNC(=O)c1ccccc1Cc1ccc(C(F)(F)F)cc1)C(=O)OC(C)(C)C. The summed E-state index contributed by atoms with van der Waals surface area (Å²) in [5.41, 5.74) is 4.83. The predicted octanol–water partition coefficient (Wildman–Crippen LogP) is 4.70. The average molecular weight is 494 g/mol. The third kappa shape index (κ3) is 9.30. The molecule has 0 heterocycles. The molecule has 2 aromatic carbocycles. The number of halogens is 3. The van der Waals surface area contributed by atoms with E-state index >= 15 is 0 Å². The lowest BCUT2D eigenvalue weighted by Crippen LogP contribution is -2.42. The van der Waals surface area contributed by atoms with Crippen LogP contribution in [0.5, 0.6) is 0 Å². The first-order valence-electron chi connectivity index (χ1n) is 11.0. The molecule has 0 fully saturated rings. The van der Waals surface area contributed by atoms with Crippen LogP contribution < -0.4 is 10.9 Å². The Morgan fingerprint density at radius 2 is 1.57 bits per heavy atom. The Balaban J connectivity index is 1.87. The number of carbonyl (C=O) groups is 3. The molecule has 35 heavy (non-hydrogen) atoms. The Hall–Kier alpha value is -3.56. The van der Waals surface area contributed by atoms with E-state index in [1.807, 2.05) is 0 Å². The van der Waals surface area contributed by atoms with Crippen molar-refractivity contribution in [2.24, 2.45) is 0 Å². The monoisotopic (exact) mass is 493 g/mol. The molecule has 0 aromatic heterocycles. The van der Waals surface area contributed by atoms with Crippen LogP contribution in [0.25, 0.3) is 0 Å². The quantitative estimate of drug-likeness (QED) is 0.547. The van der Waals surface area contributed by atoms with Gasteiger partial charge in [-0.1, -0.05) is 30.3 Å². The second-order valence-electron chi connectivity index (χ2n) is 9.04. The van der Waals surface area contributed by atoms with E-state index in [0.29, 0.717) is 24.1 Å². The van der Waals surface area contributed by atoms with Crippen LogP contribution >= 0.6 is 0 Å². The highest BCUT2D eigenvalue weighted by Crippen LogP contribution is 2.29. The lowest BCUT2D eigenvalue weighted by Gasteiger charge is -2.24. The fraction of sp³-hybridized carbons (Fsp3) is 0.400. The summed E-state index contributed by atoms with van der Waals surface area (Å²) in [6.07, 6.45) is -4.23. The zero-order valence-corrected chi connectivity index (χ0v) is 20.2. The van der Waals surface area contributed by atoms with E-state index in [1.165, 1.54) is 17.0 Å². The molecule has 0 aliphatic heterocycles. The molecule has 2 aromatic rings. The van der Waals surface area contributed by atoms with Gasteiger partial charge in [-0.3, -0.25) is 20.4 Å². The second-order valence-corrected chi connectivity index (χ2v) is 9.04. The molecule has 10 heteroatoms. The summed E-state index contributed by atoms with van der Waals surface area (Å²) in [6, 6.07) is 11.4. The number of amides is 3. The summed E-state index contributed by atoms with van der Waals surface area (Å²) in [7, 11) is 1.57. The molecule has 2 rings (SSSR count). The van der Waals surface area contributed by atoms with E-state index in [0.717, 1.165) is 12.1 Å². The van der Waals surface area contributed by atoms with Gasteiger partial charge < -0.3 is 9.64 Å². The highest BCUT2D eigenvalue weighted by atomic mass is 19.4. The fourth-order valence-corrected chi connectivity index (χ4v) is 3.09. The van der Waals surface area contributed by atoms with Gasteiger partial charge in [-0.05, 0) is 62.9 Å². The Morgan fingerprint density at radius 1 is 0.943 bits per heavy atom. The van der Waals surface area contributed by atoms with Gasteiger partial charge in [0.25, 0.3) is 5.91 Å². The summed E-state index contributed by atoms with van der Waals surface area (Å²) >= 11 is 0. The van der Waals surface area contributed by atoms with Gasteiger partial charge in [0.15, 0.2) is 0 Å². The molecule has 2 N–H and O–H groups in total. The zero-order valence-electron chi connectivity index (χ0n) is 20.2. The highest BCUT2D eigenvalue weighted by molar-refractivity contribution is 5.96. The van der Waals surface area contributed by atoms with Crippen molar-refractivity contribution < 1.29 is 32.3 Å². The molecule has 190 valence electrons. The maximum absolute atomic E-state index is 12.8. The van der Waals surface area contributed by atoms with Crippen molar-refractivity contribution in [3.63, 3.8) is 0 Å². The standard InChI is InChI=1S/C25H30F3N3O4/c1-24(2,3)35-23(34)31(4)15-7-10-21(32)29-30-22(33)20-9-6-5-8-18(20)16-17-11-13-19(14-12-17)25(26,27)28/h5-6,8-9,11-14H,7,10,15-16H2,1-4H3,(H,29,32)(H,30,33). The molecule has 0 radical (unpaired) electrons. The summed E-state index contributed by atoms with van der Waals surface area (Å²) in [6.45, 7) is 5.58. The van der Waals surface area contributed by atoms with Gasteiger partial charge in [-0.15, -0.1) is 0 Å². The number of ether oxygens (including phenoxy) is 1. The van der Waals surface area contributed by atoms with E-state index in [4.69, 9.17) is 4.74 Å². The van der Waals surface area contributed by atoms with Crippen molar-refractivity contribution in [3.05, 3.63) is 70.8 Å². The lowest BCUT2D eigenvalue weighted by molar-refractivity contribution is -0.137. The molecule has 0 unspecified atom stereocenters. The van der Waals surface area contributed by atoms with Crippen molar-refractivity contribution in [1.29, 1.82) is 0 Å². The zero-order chi connectivity index (χ0) is 26.2. The third-order valence-corrected chi connectivity index (χ3v) is 4.86. The molecule has 0 saturated heterocycles. The van der Waals surface area contributed by atoms with Gasteiger partial charge >= 0.3 is 12.3 Å². The summed E-state index contributed by atoms with van der Waals surface area (Å²) in [4.78, 5) is 38.0. The van der Waals surface area contributed by atoms with Gasteiger partial charge in [-0.25, -0.2) is 4.79 Å². The van der Waals surface area contributed by atoms with Gasteiger partial charge in [-0.2, -0.15) is 13.2 Å². The largest absolute Gasteiger partial charge is 0.444 e. The summed E-state index contributed by atoms with van der Waals surface area (Å²) in [5, 5.41) is 0. The van der Waals surface area contributed by atoms with Crippen LogP contribution in [0.2, 0.25) is 0 Å². The van der Waals surface area contributed by atoms with Crippen LogP contribution in [-0.2, 0) is 22.1 Å². The molecule has 0 atom stereocenters. The Morgan fingerprint density at radius 3 is 2.17 bits per heavy atom. The molecule has 7 nitrogen and oxygen atoms in total. The molecule has 0 bridgehead atoms. The Bertz CT molecular complexity index is 1030. The first-order chi connectivity index (χ1) is 16.3. The van der Waals surface area contributed by atoms with E-state index in [9.17, 15) is 27.6 Å². The number of nitrogens with zero attached hydrogens (tertiary/aromatic N) is 1. The maximum Gasteiger partial charge on any atom is 0.416 e. The van der Waals surface area contributed by atoms with Crippen LogP contribution in [-0.4, -0.2) is 42.0 Å². The number of alkyl halides is 3. The van der Waals surface area contributed by atoms with Gasteiger partial charge in [0.1, 0.15) is 5.60 Å². The Kier molecular flexibility index (Phi) is 9.27. The summed E-state index contributed by atoms with van der Waals surface area (Å²) in [5.74, 6) is -0.983. The smallest absolute Gasteiger partial charge is 0.416 e. The maximum atomic E-state index is 12.8. The van der Waals surface area contributed by atoms with E-state index in [-0.39, 0.29) is 18.4 Å². The minimum Gasteiger partial charge on any atom is -0.444 e. The van der Waals surface area contributed by atoms with Crippen molar-refractivity contribution in [2.45, 2.75) is 51.8 Å². The Labute approximate surface area is 202 Å². The molecular formula is C25H30F3N3O4. The number of hydrogen-bond donors (Lipinski definition) is 2. The average Bonchev–Trinajstić information content (AvgIpc) is 2.76. The number of benzene rings is 2. The highest BCUT2D eigenvalue weighted by Gasteiger charge is 2.30. The van der Waals surface area contributed by atoms with E-state index < -0.39 is 35.2 Å². The van der Waals surface area contributed by atoms with E-state index in [1.54, 1.807) is 52.1 Å². The van der Waals surface area contributed by atoms with Crippen LogP contribution in [0.15, 0.2) is 48.5 Å². The molecule has 0 aliphatic rings. The van der Waals surface area contributed by atoms with Crippen molar-refractivity contribution in [1.82, 2.24) is 15.8 Å². The fourth-order valence-electron chi connectivity index (χ4n) is 3.09. The normalized spacial score (nSPS) is 11.5. The number of hydrogen-bond acceptors (Lipinski definition) is 4. The molecule has 0 saturated carbocycles. The van der Waals surface area contributed by atoms with Gasteiger partial charge in [0, 0.05) is 25.6 Å². The molecule has 3 amide bonds.